The molecule has 0 spiro atoms. The maximum atomic E-state index is 11.5. The van der Waals surface area contributed by atoms with Crippen LogP contribution in [0.15, 0.2) is 104 Å². The minimum atomic E-state index is -0.916. The third-order valence-electron chi connectivity index (χ3n) is 6.59. The molecule has 0 aromatic heterocycles. The first-order valence-electron chi connectivity index (χ1n) is 12.6. The number of hydrogen-bond donors (Lipinski definition) is 1. The van der Waals surface area contributed by atoms with Gasteiger partial charge >= 0.3 is 0 Å². The molecule has 0 heterocycles. The van der Waals surface area contributed by atoms with E-state index in [-0.39, 0.29) is 6.79 Å². The van der Waals surface area contributed by atoms with Crippen molar-refractivity contribution in [1.82, 2.24) is 0 Å². The van der Waals surface area contributed by atoms with Crippen molar-refractivity contribution in [3.63, 3.8) is 0 Å². The van der Waals surface area contributed by atoms with Crippen molar-refractivity contribution < 1.29 is 28.8 Å². The molecule has 0 saturated heterocycles. The fourth-order valence-corrected chi connectivity index (χ4v) is 4.70. The molecule has 3 aromatic rings. The number of rotatable bonds is 13. The third-order valence-corrected chi connectivity index (χ3v) is 6.59. The van der Waals surface area contributed by atoms with Gasteiger partial charge < -0.3 is 28.8 Å². The molecule has 3 aromatic carbocycles. The Morgan fingerprint density at radius 3 is 1.43 bits per heavy atom. The summed E-state index contributed by atoms with van der Waals surface area (Å²) in [4.78, 5) is 0. The highest BCUT2D eigenvalue weighted by Gasteiger charge is 2.52. The number of aliphatic hydroxyl groups excluding tert-OH is 1. The Labute approximate surface area is 219 Å². The minimum Gasteiger partial charge on any atom is -0.390 e. The van der Waals surface area contributed by atoms with Crippen LogP contribution in [0, 0.1) is 5.92 Å². The van der Waals surface area contributed by atoms with Gasteiger partial charge in [0.05, 0.1) is 32.0 Å². The standard InChI is InChI=1S/C31H36O6/c1-3-26-27(32)29(34-19-23-13-7-4-8-14-23)31(36-21-25-17-11-6-12-18-25)30(28(26)37-22-33-2)35-20-24-15-9-5-10-16-24/h3-18,26-32H,1,19-22H2,2H3/t26-,27+,28+,29-,30+,31+/m0/s1. The molecule has 0 radical (unpaired) electrons. The van der Waals surface area contributed by atoms with E-state index in [1.165, 1.54) is 0 Å². The molecule has 4 rings (SSSR count). The van der Waals surface area contributed by atoms with Crippen molar-refractivity contribution in [1.29, 1.82) is 0 Å². The highest BCUT2D eigenvalue weighted by molar-refractivity contribution is 5.16. The van der Waals surface area contributed by atoms with Crippen LogP contribution in [0.5, 0.6) is 0 Å². The van der Waals surface area contributed by atoms with Crippen molar-refractivity contribution in [2.24, 2.45) is 5.92 Å². The molecule has 0 unspecified atom stereocenters. The molecule has 1 N–H and O–H groups in total. The molecule has 1 fully saturated rings. The summed E-state index contributed by atoms with van der Waals surface area (Å²) >= 11 is 0. The molecule has 1 aliphatic rings. The van der Waals surface area contributed by atoms with Gasteiger partial charge in [0.15, 0.2) is 0 Å². The van der Waals surface area contributed by atoms with Gasteiger partial charge in [0.2, 0.25) is 0 Å². The first-order chi connectivity index (χ1) is 18.2. The van der Waals surface area contributed by atoms with E-state index in [0.717, 1.165) is 16.7 Å². The lowest BCUT2D eigenvalue weighted by molar-refractivity contribution is -0.262. The van der Waals surface area contributed by atoms with Gasteiger partial charge in [-0.15, -0.1) is 6.58 Å². The number of methoxy groups -OCH3 is 1. The molecule has 1 aliphatic carbocycles. The van der Waals surface area contributed by atoms with Gasteiger partial charge in [-0.05, 0) is 16.7 Å². The van der Waals surface area contributed by atoms with Gasteiger partial charge in [-0.3, -0.25) is 0 Å². The molecule has 0 aliphatic heterocycles. The van der Waals surface area contributed by atoms with Crippen molar-refractivity contribution >= 4 is 0 Å². The van der Waals surface area contributed by atoms with Gasteiger partial charge in [0.25, 0.3) is 0 Å². The minimum absolute atomic E-state index is 0.0495. The number of aliphatic hydroxyl groups is 1. The molecule has 196 valence electrons. The average molecular weight is 505 g/mol. The van der Waals surface area contributed by atoms with E-state index in [1.54, 1.807) is 13.2 Å². The Kier molecular flexibility index (Phi) is 10.4. The summed E-state index contributed by atoms with van der Waals surface area (Å²) in [5, 5.41) is 11.5. The first-order valence-corrected chi connectivity index (χ1v) is 12.6. The maximum Gasteiger partial charge on any atom is 0.146 e. The summed E-state index contributed by atoms with van der Waals surface area (Å²) in [6.45, 7) is 5.05. The Balaban J connectivity index is 1.63. The highest BCUT2D eigenvalue weighted by atomic mass is 16.7. The van der Waals surface area contributed by atoms with Crippen LogP contribution in [-0.2, 0) is 43.5 Å². The zero-order chi connectivity index (χ0) is 25.9. The van der Waals surface area contributed by atoms with Crippen molar-refractivity contribution in [3.8, 4) is 0 Å². The van der Waals surface area contributed by atoms with Crippen molar-refractivity contribution in [3.05, 3.63) is 120 Å². The van der Waals surface area contributed by atoms with E-state index in [4.69, 9.17) is 23.7 Å². The van der Waals surface area contributed by atoms with Crippen molar-refractivity contribution in [2.75, 3.05) is 13.9 Å². The Morgan fingerprint density at radius 1 is 0.622 bits per heavy atom. The Morgan fingerprint density at radius 2 is 1.03 bits per heavy atom. The smallest absolute Gasteiger partial charge is 0.146 e. The van der Waals surface area contributed by atoms with Crippen LogP contribution < -0.4 is 0 Å². The lowest BCUT2D eigenvalue weighted by Gasteiger charge is -2.48. The quantitative estimate of drug-likeness (QED) is 0.264. The lowest BCUT2D eigenvalue weighted by Crippen LogP contribution is -2.63. The topological polar surface area (TPSA) is 66.4 Å². The summed E-state index contributed by atoms with van der Waals surface area (Å²) in [7, 11) is 1.57. The second-order valence-corrected chi connectivity index (χ2v) is 9.13. The van der Waals surface area contributed by atoms with Crippen LogP contribution in [0.1, 0.15) is 16.7 Å². The molecule has 0 amide bonds. The van der Waals surface area contributed by atoms with Gasteiger partial charge in [-0.2, -0.15) is 0 Å². The molecule has 1 saturated carbocycles. The second kappa shape index (κ2) is 14.2. The fourth-order valence-electron chi connectivity index (χ4n) is 4.70. The van der Waals surface area contributed by atoms with Gasteiger partial charge in [-0.25, -0.2) is 0 Å². The second-order valence-electron chi connectivity index (χ2n) is 9.13. The summed E-state index contributed by atoms with van der Waals surface area (Å²) in [5.74, 6) is -0.451. The zero-order valence-electron chi connectivity index (χ0n) is 21.2. The van der Waals surface area contributed by atoms with Crippen LogP contribution in [0.25, 0.3) is 0 Å². The third kappa shape index (κ3) is 7.36. The molecule has 6 nitrogen and oxygen atoms in total. The normalized spacial score (nSPS) is 25.6. The summed E-state index contributed by atoms with van der Waals surface area (Å²) in [6.07, 6.45) is -1.59. The average Bonchev–Trinajstić information content (AvgIpc) is 2.95. The highest BCUT2D eigenvalue weighted by Crippen LogP contribution is 2.36. The number of benzene rings is 3. The lowest BCUT2D eigenvalue weighted by atomic mass is 9.78. The van der Waals surface area contributed by atoms with Gasteiger partial charge in [-0.1, -0.05) is 97.1 Å². The van der Waals surface area contributed by atoms with Crippen molar-refractivity contribution in [2.45, 2.75) is 50.3 Å². The summed E-state index contributed by atoms with van der Waals surface area (Å²) in [6, 6.07) is 29.7. The molecular weight excluding hydrogens is 468 g/mol. The fraction of sp³-hybridized carbons (Fsp3) is 0.355. The Hall–Kier alpha value is -2.84. The molecule has 0 bridgehead atoms. The van der Waals surface area contributed by atoms with Crippen LogP contribution in [0.4, 0.5) is 0 Å². The number of ether oxygens (including phenoxy) is 5. The SMILES string of the molecule is C=C[C@H]1[C@@H](O)[C@H](OCc2ccccc2)[C@@H](OCc2ccccc2)[C@H](OCc2ccccc2)[C@@H]1OCOC. The summed E-state index contributed by atoms with van der Waals surface area (Å²) < 4.78 is 30.6. The number of hydrogen-bond acceptors (Lipinski definition) is 6. The monoisotopic (exact) mass is 504 g/mol. The molecule has 37 heavy (non-hydrogen) atoms. The molecular formula is C31H36O6. The van der Waals surface area contributed by atoms with Gasteiger partial charge in [0.1, 0.15) is 25.1 Å². The zero-order valence-corrected chi connectivity index (χ0v) is 21.2. The van der Waals surface area contributed by atoms with Crippen LogP contribution in [0.3, 0.4) is 0 Å². The predicted octanol–water partition coefficient (Wildman–Crippen LogP) is 4.91. The van der Waals surface area contributed by atoms with Crippen LogP contribution in [-0.4, -0.2) is 49.5 Å². The van der Waals surface area contributed by atoms with E-state index in [1.807, 2.05) is 91.0 Å². The predicted molar refractivity (Wildman–Crippen MR) is 141 cm³/mol. The van der Waals surface area contributed by atoms with Gasteiger partial charge in [0, 0.05) is 13.0 Å². The van der Waals surface area contributed by atoms with E-state index in [9.17, 15) is 5.11 Å². The van der Waals surface area contributed by atoms with E-state index in [0.29, 0.717) is 19.8 Å². The maximum absolute atomic E-state index is 11.5. The molecule has 6 heteroatoms. The van der Waals surface area contributed by atoms with E-state index in [2.05, 4.69) is 6.58 Å². The van der Waals surface area contributed by atoms with Crippen LogP contribution in [0.2, 0.25) is 0 Å². The van der Waals surface area contributed by atoms with E-state index >= 15 is 0 Å². The largest absolute Gasteiger partial charge is 0.390 e. The Bertz CT molecular complexity index is 1050. The summed E-state index contributed by atoms with van der Waals surface area (Å²) in [5.41, 5.74) is 3.05. The van der Waals surface area contributed by atoms with Crippen LogP contribution >= 0.6 is 0 Å². The molecule has 6 atom stereocenters. The first kappa shape index (κ1) is 27.2. The van der Waals surface area contributed by atoms with E-state index < -0.39 is 36.4 Å².